The van der Waals surface area contributed by atoms with E-state index >= 15 is 0 Å². The first-order chi connectivity index (χ1) is 13.4. The van der Waals surface area contributed by atoms with E-state index in [4.69, 9.17) is 4.42 Å². The Morgan fingerprint density at radius 2 is 2.07 bits per heavy atom. The van der Waals surface area contributed by atoms with E-state index in [0.29, 0.717) is 23.6 Å². The van der Waals surface area contributed by atoms with E-state index in [1.54, 1.807) is 37.6 Å². The van der Waals surface area contributed by atoms with E-state index in [1.807, 2.05) is 6.07 Å². The van der Waals surface area contributed by atoms with Gasteiger partial charge in [0.05, 0.1) is 36.0 Å². The number of fused-ring (bicyclic) bond motifs is 1. The summed E-state index contributed by atoms with van der Waals surface area (Å²) in [6.07, 6.45) is 3.23. The second-order valence-corrected chi connectivity index (χ2v) is 8.07. The molecule has 1 aromatic carbocycles. The number of amides is 1. The van der Waals surface area contributed by atoms with Gasteiger partial charge < -0.3 is 14.6 Å². The molecule has 0 radical (unpaired) electrons. The summed E-state index contributed by atoms with van der Waals surface area (Å²) in [5, 5.41) is 3.09. The molecule has 0 unspecified atom stereocenters. The number of anilines is 3. The summed E-state index contributed by atoms with van der Waals surface area (Å²) in [6, 6.07) is 11.6. The molecule has 3 aromatic rings. The van der Waals surface area contributed by atoms with Crippen LogP contribution in [0.1, 0.15) is 11.3 Å². The van der Waals surface area contributed by atoms with Crippen molar-refractivity contribution in [1.29, 1.82) is 0 Å². The van der Waals surface area contributed by atoms with Crippen LogP contribution in [-0.4, -0.2) is 26.4 Å². The second kappa shape index (κ2) is 7.01. The highest BCUT2D eigenvalue weighted by atomic mass is 32.2. The van der Waals surface area contributed by atoms with E-state index in [-0.39, 0.29) is 17.2 Å². The predicted molar refractivity (Wildman–Crippen MR) is 105 cm³/mol. The lowest BCUT2D eigenvalue weighted by Gasteiger charge is -2.12. The first-order valence-corrected chi connectivity index (χ1v) is 10.1. The van der Waals surface area contributed by atoms with Gasteiger partial charge in [0.2, 0.25) is 5.91 Å². The molecular formula is C19H18N4O4S. The SMILES string of the molecule is CN1C(=O)Cc2cc(S(=O)(=O)Nc3ccc(NCc4ccco4)nc3)ccc21. The Kier molecular flexibility index (Phi) is 4.52. The average Bonchev–Trinajstić information content (AvgIpc) is 3.29. The molecule has 28 heavy (non-hydrogen) atoms. The van der Waals surface area contributed by atoms with Gasteiger partial charge in [0.25, 0.3) is 10.0 Å². The lowest BCUT2D eigenvalue weighted by atomic mass is 10.2. The van der Waals surface area contributed by atoms with E-state index in [1.165, 1.54) is 23.2 Å². The molecule has 8 nitrogen and oxygen atoms in total. The van der Waals surface area contributed by atoms with Gasteiger partial charge in [-0.05, 0) is 48.0 Å². The number of likely N-dealkylation sites (N-methyl/N-ethyl adjacent to an activating group) is 1. The highest BCUT2D eigenvalue weighted by Crippen LogP contribution is 2.30. The Morgan fingerprint density at radius 1 is 1.21 bits per heavy atom. The first kappa shape index (κ1) is 18.1. The van der Waals surface area contributed by atoms with Gasteiger partial charge in [-0.15, -0.1) is 0 Å². The largest absolute Gasteiger partial charge is 0.467 e. The van der Waals surface area contributed by atoms with Crippen LogP contribution in [0.5, 0.6) is 0 Å². The number of hydrogen-bond donors (Lipinski definition) is 2. The fraction of sp³-hybridized carbons (Fsp3) is 0.158. The smallest absolute Gasteiger partial charge is 0.261 e. The third-order valence-electron chi connectivity index (χ3n) is 4.48. The lowest BCUT2D eigenvalue weighted by molar-refractivity contribution is -0.117. The van der Waals surface area contributed by atoms with Crippen molar-refractivity contribution in [2.45, 2.75) is 17.9 Å². The first-order valence-electron chi connectivity index (χ1n) is 8.57. The lowest BCUT2D eigenvalue weighted by Crippen LogP contribution is -2.20. The van der Waals surface area contributed by atoms with Crippen molar-refractivity contribution in [3.63, 3.8) is 0 Å². The van der Waals surface area contributed by atoms with Crippen LogP contribution in [0, 0.1) is 0 Å². The van der Waals surface area contributed by atoms with Crippen molar-refractivity contribution >= 4 is 33.1 Å². The minimum atomic E-state index is -3.79. The molecule has 9 heteroatoms. The molecule has 2 N–H and O–H groups in total. The predicted octanol–water partition coefficient (Wildman–Crippen LogP) is 2.61. The van der Waals surface area contributed by atoms with Crippen LogP contribution in [0.2, 0.25) is 0 Å². The molecule has 1 amide bonds. The molecule has 144 valence electrons. The molecule has 4 rings (SSSR count). The molecule has 0 saturated carbocycles. The Labute approximate surface area is 162 Å². The fourth-order valence-electron chi connectivity index (χ4n) is 2.98. The molecule has 0 saturated heterocycles. The molecule has 0 aliphatic carbocycles. The number of pyridine rings is 1. The van der Waals surface area contributed by atoms with Crippen LogP contribution in [0.25, 0.3) is 0 Å². The Balaban J connectivity index is 1.46. The quantitative estimate of drug-likeness (QED) is 0.661. The normalized spacial score (nSPS) is 13.5. The van der Waals surface area contributed by atoms with Crippen LogP contribution >= 0.6 is 0 Å². The zero-order chi connectivity index (χ0) is 19.7. The van der Waals surface area contributed by atoms with Gasteiger partial charge in [-0.25, -0.2) is 13.4 Å². The van der Waals surface area contributed by atoms with E-state index in [0.717, 1.165) is 11.4 Å². The summed E-state index contributed by atoms with van der Waals surface area (Å²) >= 11 is 0. The molecule has 1 aliphatic rings. The summed E-state index contributed by atoms with van der Waals surface area (Å²) < 4.78 is 33.1. The third kappa shape index (κ3) is 3.56. The summed E-state index contributed by atoms with van der Waals surface area (Å²) in [6.45, 7) is 0.480. The topological polar surface area (TPSA) is 105 Å². The van der Waals surface area contributed by atoms with Crippen molar-refractivity contribution in [3.8, 4) is 0 Å². The van der Waals surface area contributed by atoms with Crippen molar-refractivity contribution < 1.29 is 17.6 Å². The number of benzene rings is 1. The van der Waals surface area contributed by atoms with Crippen molar-refractivity contribution in [2.24, 2.45) is 0 Å². The number of rotatable bonds is 6. The summed E-state index contributed by atoms with van der Waals surface area (Å²) in [5.74, 6) is 1.31. The van der Waals surface area contributed by atoms with Crippen LogP contribution < -0.4 is 14.9 Å². The number of furan rings is 1. The number of hydrogen-bond acceptors (Lipinski definition) is 6. The number of aromatic nitrogens is 1. The zero-order valence-corrected chi connectivity index (χ0v) is 15.9. The molecule has 0 bridgehead atoms. The third-order valence-corrected chi connectivity index (χ3v) is 5.86. The van der Waals surface area contributed by atoms with Crippen molar-refractivity contribution in [1.82, 2.24) is 4.98 Å². The minimum absolute atomic E-state index is 0.0562. The highest BCUT2D eigenvalue weighted by Gasteiger charge is 2.26. The molecule has 0 atom stereocenters. The molecule has 3 heterocycles. The van der Waals surface area contributed by atoms with Crippen LogP contribution in [0.4, 0.5) is 17.2 Å². The van der Waals surface area contributed by atoms with Crippen LogP contribution in [-0.2, 0) is 27.8 Å². The van der Waals surface area contributed by atoms with Gasteiger partial charge in [0.15, 0.2) is 0 Å². The number of nitrogens with zero attached hydrogens (tertiary/aromatic N) is 2. The molecular weight excluding hydrogens is 380 g/mol. The zero-order valence-electron chi connectivity index (χ0n) is 15.0. The molecule has 1 aliphatic heterocycles. The maximum absolute atomic E-state index is 12.7. The second-order valence-electron chi connectivity index (χ2n) is 6.39. The molecule has 0 spiro atoms. The average molecular weight is 398 g/mol. The maximum atomic E-state index is 12.7. The number of carbonyl (C=O) groups is 1. The van der Waals surface area contributed by atoms with Gasteiger partial charge in [0.1, 0.15) is 11.6 Å². The van der Waals surface area contributed by atoms with Gasteiger partial charge in [-0.2, -0.15) is 0 Å². The van der Waals surface area contributed by atoms with Crippen molar-refractivity contribution in [2.75, 3.05) is 22.0 Å². The van der Waals surface area contributed by atoms with Gasteiger partial charge in [0, 0.05) is 12.7 Å². The van der Waals surface area contributed by atoms with Gasteiger partial charge in [-0.1, -0.05) is 0 Å². The highest BCUT2D eigenvalue weighted by molar-refractivity contribution is 7.92. The number of nitrogens with one attached hydrogen (secondary N) is 2. The van der Waals surface area contributed by atoms with E-state index in [9.17, 15) is 13.2 Å². The van der Waals surface area contributed by atoms with E-state index < -0.39 is 10.0 Å². The van der Waals surface area contributed by atoms with Gasteiger partial charge in [-0.3, -0.25) is 9.52 Å². The summed E-state index contributed by atoms with van der Waals surface area (Å²) in [4.78, 5) is 17.6. The number of carbonyl (C=O) groups excluding carboxylic acids is 1. The molecule has 0 fully saturated rings. The fourth-order valence-corrected chi connectivity index (χ4v) is 4.07. The Hall–Kier alpha value is -3.33. The number of sulfonamides is 1. The summed E-state index contributed by atoms with van der Waals surface area (Å²) in [5.41, 5.74) is 1.78. The monoisotopic (exact) mass is 398 g/mol. The Bertz CT molecular complexity index is 1110. The maximum Gasteiger partial charge on any atom is 0.261 e. The van der Waals surface area contributed by atoms with Crippen LogP contribution in [0.3, 0.4) is 0 Å². The molecule has 2 aromatic heterocycles. The van der Waals surface area contributed by atoms with Crippen LogP contribution in [0.15, 0.2) is 64.2 Å². The van der Waals surface area contributed by atoms with Gasteiger partial charge >= 0.3 is 0 Å². The van der Waals surface area contributed by atoms with E-state index in [2.05, 4.69) is 15.0 Å². The summed E-state index contributed by atoms with van der Waals surface area (Å²) in [7, 11) is -2.11. The standard InChI is InChI=1S/C19H18N4O4S/c1-23-17-6-5-16(9-13(17)10-19(23)24)28(25,26)22-14-4-7-18(20-11-14)21-12-15-3-2-8-27-15/h2-9,11,22H,10,12H2,1H3,(H,20,21). The van der Waals surface area contributed by atoms with Crippen molar-refractivity contribution in [3.05, 3.63) is 66.2 Å². The Morgan fingerprint density at radius 3 is 2.79 bits per heavy atom. The minimum Gasteiger partial charge on any atom is -0.467 e.